The van der Waals surface area contributed by atoms with Crippen LogP contribution >= 0.6 is 0 Å². The quantitative estimate of drug-likeness (QED) is 0.681. The molecule has 0 bridgehead atoms. The molecule has 0 radical (unpaired) electrons. The molecule has 0 aromatic carbocycles. The first-order valence-corrected chi connectivity index (χ1v) is 5.19. The van der Waals surface area contributed by atoms with Crippen LogP contribution in [0.25, 0.3) is 0 Å². The maximum Gasteiger partial charge on any atom is -0.00704 e. The first kappa shape index (κ1) is 8.15. The lowest BCUT2D eigenvalue weighted by molar-refractivity contribution is 0.594. The average Bonchev–Trinajstić information content (AvgIpc) is 2.93. The second-order valence-corrected chi connectivity index (χ2v) is 4.53. The Morgan fingerprint density at radius 2 is 2.17 bits per heavy atom. The molecule has 2 aliphatic rings. The Bertz CT molecular complexity index is 191. The molecule has 68 valence electrons. The zero-order valence-corrected chi connectivity index (χ0v) is 7.92. The molecular weight excluding hydrogens is 146 g/mol. The van der Waals surface area contributed by atoms with Crippen molar-refractivity contribution in [2.45, 2.75) is 39.0 Å². The van der Waals surface area contributed by atoms with Crippen molar-refractivity contribution in [1.82, 2.24) is 0 Å². The summed E-state index contributed by atoms with van der Waals surface area (Å²) < 4.78 is 0. The lowest BCUT2D eigenvalue weighted by Crippen LogP contribution is -1.90. The SMILES string of the molecule is C/C(=C\N)C1CC1CCC1CC1. The Hall–Kier alpha value is -0.460. The Kier molecular flexibility index (Phi) is 2.12. The molecule has 2 atom stereocenters. The fourth-order valence-electron chi connectivity index (χ4n) is 2.10. The summed E-state index contributed by atoms with van der Waals surface area (Å²) in [7, 11) is 0. The third-order valence-electron chi connectivity index (χ3n) is 3.41. The fourth-order valence-corrected chi connectivity index (χ4v) is 2.10. The molecule has 2 fully saturated rings. The van der Waals surface area contributed by atoms with Gasteiger partial charge in [-0.3, -0.25) is 0 Å². The largest absolute Gasteiger partial charge is 0.405 e. The van der Waals surface area contributed by atoms with Gasteiger partial charge in [-0.25, -0.2) is 0 Å². The minimum Gasteiger partial charge on any atom is -0.405 e. The van der Waals surface area contributed by atoms with E-state index in [0.29, 0.717) is 0 Å². The van der Waals surface area contributed by atoms with Gasteiger partial charge in [0.2, 0.25) is 0 Å². The molecule has 0 spiro atoms. The van der Waals surface area contributed by atoms with Gasteiger partial charge in [0.05, 0.1) is 0 Å². The van der Waals surface area contributed by atoms with Crippen LogP contribution in [0, 0.1) is 17.8 Å². The number of hydrogen-bond acceptors (Lipinski definition) is 1. The van der Waals surface area contributed by atoms with Gasteiger partial charge in [0.15, 0.2) is 0 Å². The highest BCUT2D eigenvalue weighted by molar-refractivity contribution is 5.11. The molecule has 0 heterocycles. The van der Waals surface area contributed by atoms with E-state index in [2.05, 4.69) is 6.92 Å². The summed E-state index contributed by atoms with van der Waals surface area (Å²) in [6.07, 6.45) is 9.15. The van der Waals surface area contributed by atoms with Gasteiger partial charge in [0.1, 0.15) is 0 Å². The number of nitrogens with two attached hydrogens (primary N) is 1. The summed E-state index contributed by atoms with van der Waals surface area (Å²) >= 11 is 0. The van der Waals surface area contributed by atoms with E-state index in [-0.39, 0.29) is 0 Å². The molecule has 2 rings (SSSR count). The van der Waals surface area contributed by atoms with E-state index in [1.54, 1.807) is 6.20 Å². The Morgan fingerprint density at radius 1 is 1.42 bits per heavy atom. The minimum atomic E-state index is 0.855. The fraction of sp³-hybridized carbons (Fsp3) is 0.818. The van der Waals surface area contributed by atoms with E-state index < -0.39 is 0 Å². The lowest BCUT2D eigenvalue weighted by Gasteiger charge is -1.98. The molecular formula is C11H19N. The van der Waals surface area contributed by atoms with E-state index in [1.807, 2.05) is 0 Å². The normalized spacial score (nSPS) is 35.2. The van der Waals surface area contributed by atoms with Gasteiger partial charge in [-0.15, -0.1) is 0 Å². The van der Waals surface area contributed by atoms with Crippen LogP contribution in [0.4, 0.5) is 0 Å². The molecule has 2 N–H and O–H groups in total. The maximum atomic E-state index is 5.48. The van der Waals surface area contributed by atoms with Crippen LogP contribution in [-0.2, 0) is 0 Å². The summed E-state index contributed by atoms with van der Waals surface area (Å²) in [6.45, 7) is 2.17. The second kappa shape index (κ2) is 3.12. The monoisotopic (exact) mass is 165 g/mol. The predicted octanol–water partition coefficient (Wildman–Crippen LogP) is 2.68. The number of allylic oxidation sites excluding steroid dienone is 1. The van der Waals surface area contributed by atoms with Crippen LogP contribution in [0.3, 0.4) is 0 Å². The van der Waals surface area contributed by atoms with Gasteiger partial charge in [0, 0.05) is 0 Å². The van der Waals surface area contributed by atoms with Gasteiger partial charge < -0.3 is 5.73 Å². The van der Waals surface area contributed by atoms with Crippen molar-refractivity contribution in [2.24, 2.45) is 23.5 Å². The highest BCUT2D eigenvalue weighted by Crippen LogP contribution is 2.48. The van der Waals surface area contributed by atoms with Gasteiger partial charge >= 0.3 is 0 Å². The molecule has 2 saturated carbocycles. The van der Waals surface area contributed by atoms with E-state index in [0.717, 1.165) is 17.8 Å². The van der Waals surface area contributed by atoms with Crippen molar-refractivity contribution in [3.05, 3.63) is 11.8 Å². The molecule has 0 amide bonds. The molecule has 0 saturated heterocycles. The summed E-state index contributed by atoms with van der Waals surface area (Å²) in [5, 5.41) is 0. The van der Waals surface area contributed by atoms with E-state index in [4.69, 9.17) is 5.73 Å². The minimum absolute atomic E-state index is 0.855. The molecule has 2 unspecified atom stereocenters. The average molecular weight is 165 g/mol. The zero-order chi connectivity index (χ0) is 8.55. The van der Waals surface area contributed by atoms with Crippen LogP contribution in [0.15, 0.2) is 11.8 Å². The van der Waals surface area contributed by atoms with Crippen LogP contribution in [0.5, 0.6) is 0 Å². The molecule has 0 aliphatic heterocycles. The van der Waals surface area contributed by atoms with Crippen molar-refractivity contribution >= 4 is 0 Å². The molecule has 1 heteroatoms. The smallest absolute Gasteiger partial charge is 0.00704 e. The highest BCUT2D eigenvalue weighted by atomic mass is 14.5. The number of hydrogen-bond donors (Lipinski definition) is 1. The molecule has 12 heavy (non-hydrogen) atoms. The van der Waals surface area contributed by atoms with E-state index in [9.17, 15) is 0 Å². The van der Waals surface area contributed by atoms with Crippen molar-refractivity contribution in [2.75, 3.05) is 0 Å². The van der Waals surface area contributed by atoms with Gasteiger partial charge in [-0.1, -0.05) is 24.8 Å². The molecule has 1 nitrogen and oxygen atoms in total. The summed E-state index contributed by atoms with van der Waals surface area (Å²) in [4.78, 5) is 0. The van der Waals surface area contributed by atoms with Crippen molar-refractivity contribution in [1.29, 1.82) is 0 Å². The summed E-state index contributed by atoms with van der Waals surface area (Å²) in [5.41, 5.74) is 6.89. The standard InChI is InChI=1S/C11H19N/c1-8(7-12)11-6-10(11)5-4-9-2-3-9/h7,9-11H,2-6,12H2,1H3/b8-7+. The first-order valence-electron chi connectivity index (χ1n) is 5.19. The third-order valence-corrected chi connectivity index (χ3v) is 3.41. The lowest BCUT2D eigenvalue weighted by atomic mass is 10.1. The van der Waals surface area contributed by atoms with Gasteiger partial charge in [-0.2, -0.15) is 0 Å². The zero-order valence-electron chi connectivity index (χ0n) is 7.92. The Balaban J connectivity index is 1.65. The van der Waals surface area contributed by atoms with Crippen LogP contribution < -0.4 is 5.73 Å². The third kappa shape index (κ3) is 1.82. The Morgan fingerprint density at radius 3 is 2.75 bits per heavy atom. The number of rotatable bonds is 4. The Labute approximate surface area is 75.0 Å². The summed E-state index contributed by atoms with van der Waals surface area (Å²) in [6, 6.07) is 0. The first-order chi connectivity index (χ1) is 5.81. The maximum absolute atomic E-state index is 5.48. The second-order valence-electron chi connectivity index (χ2n) is 4.53. The highest BCUT2D eigenvalue weighted by Gasteiger charge is 2.38. The summed E-state index contributed by atoms with van der Waals surface area (Å²) in [5.74, 6) is 2.95. The van der Waals surface area contributed by atoms with Crippen molar-refractivity contribution < 1.29 is 0 Å². The molecule has 2 aliphatic carbocycles. The molecule has 0 aromatic heterocycles. The van der Waals surface area contributed by atoms with Crippen molar-refractivity contribution in [3.63, 3.8) is 0 Å². The van der Waals surface area contributed by atoms with Crippen LogP contribution in [0.2, 0.25) is 0 Å². The van der Waals surface area contributed by atoms with Gasteiger partial charge in [0.25, 0.3) is 0 Å². The molecule has 0 aromatic rings. The van der Waals surface area contributed by atoms with E-state index >= 15 is 0 Å². The van der Waals surface area contributed by atoms with E-state index in [1.165, 1.54) is 37.7 Å². The van der Waals surface area contributed by atoms with Crippen molar-refractivity contribution in [3.8, 4) is 0 Å². The topological polar surface area (TPSA) is 26.0 Å². The van der Waals surface area contributed by atoms with Crippen LogP contribution in [0.1, 0.15) is 39.0 Å². The van der Waals surface area contributed by atoms with Gasteiger partial charge in [-0.05, 0) is 43.7 Å². The predicted molar refractivity (Wildman–Crippen MR) is 51.5 cm³/mol. The van der Waals surface area contributed by atoms with Crippen LogP contribution in [-0.4, -0.2) is 0 Å².